The van der Waals surface area contributed by atoms with Crippen LogP contribution in [-0.2, 0) is 10.0 Å². The molecule has 0 atom stereocenters. The predicted octanol–water partition coefficient (Wildman–Crippen LogP) is 3.98. The molecule has 27 heavy (non-hydrogen) atoms. The lowest BCUT2D eigenvalue weighted by atomic mass is 10.1. The summed E-state index contributed by atoms with van der Waals surface area (Å²) in [6.45, 7) is 8.71. The lowest BCUT2D eigenvalue weighted by molar-refractivity contribution is 0.327. The van der Waals surface area contributed by atoms with Crippen LogP contribution < -0.4 is 9.64 Å². The van der Waals surface area contributed by atoms with E-state index in [0.717, 1.165) is 4.47 Å². The van der Waals surface area contributed by atoms with Crippen LogP contribution in [0, 0.1) is 13.8 Å². The van der Waals surface area contributed by atoms with E-state index in [1.165, 1.54) is 16.8 Å². The molecule has 0 radical (unpaired) electrons. The molecule has 146 valence electrons. The Balaban J connectivity index is 1.82. The standard InChI is InChI=1S/C20H25BrN2O3S/c1-4-26-18-9-8-17(21)14-19(18)27(24,25)23-12-10-22(11-13-23)20-15(2)6-5-7-16(20)3/h5-9,14H,4,10-13H2,1-3H3. The number of ether oxygens (including phenoxy) is 1. The van der Waals surface area contributed by atoms with Gasteiger partial charge in [0.2, 0.25) is 10.0 Å². The summed E-state index contributed by atoms with van der Waals surface area (Å²) in [4.78, 5) is 2.50. The largest absolute Gasteiger partial charge is 0.492 e. The van der Waals surface area contributed by atoms with Gasteiger partial charge in [0.25, 0.3) is 0 Å². The highest BCUT2D eigenvalue weighted by atomic mass is 79.9. The van der Waals surface area contributed by atoms with E-state index in [0.29, 0.717) is 38.5 Å². The molecule has 2 aromatic rings. The zero-order valence-electron chi connectivity index (χ0n) is 15.9. The van der Waals surface area contributed by atoms with Gasteiger partial charge in [-0.2, -0.15) is 4.31 Å². The van der Waals surface area contributed by atoms with E-state index in [9.17, 15) is 8.42 Å². The molecule has 1 fully saturated rings. The van der Waals surface area contributed by atoms with Crippen molar-refractivity contribution in [3.05, 3.63) is 52.0 Å². The zero-order valence-corrected chi connectivity index (χ0v) is 18.3. The number of nitrogens with zero attached hydrogens (tertiary/aromatic N) is 2. The molecule has 7 heteroatoms. The Hall–Kier alpha value is -1.57. The molecule has 5 nitrogen and oxygen atoms in total. The summed E-state index contributed by atoms with van der Waals surface area (Å²) in [6.07, 6.45) is 0. The normalized spacial score (nSPS) is 15.8. The minimum absolute atomic E-state index is 0.222. The molecule has 0 spiro atoms. The lowest BCUT2D eigenvalue weighted by Gasteiger charge is -2.37. The van der Waals surface area contributed by atoms with Crippen LogP contribution in [0.1, 0.15) is 18.1 Å². The van der Waals surface area contributed by atoms with Crippen molar-refractivity contribution in [3.8, 4) is 5.75 Å². The summed E-state index contributed by atoms with van der Waals surface area (Å²) in [7, 11) is -3.61. The smallest absolute Gasteiger partial charge is 0.246 e. The van der Waals surface area contributed by atoms with Crippen LogP contribution in [0.25, 0.3) is 0 Å². The van der Waals surface area contributed by atoms with E-state index in [4.69, 9.17) is 4.74 Å². The number of aryl methyl sites for hydroxylation is 2. The third kappa shape index (κ3) is 4.15. The van der Waals surface area contributed by atoms with Crippen molar-refractivity contribution < 1.29 is 13.2 Å². The van der Waals surface area contributed by atoms with Crippen molar-refractivity contribution in [3.63, 3.8) is 0 Å². The fourth-order valence-electron chi connectivity index (χ4n) is 3.55. The van der Waals surface area contributed by atoms with Gasteiger partial charge in [-0.3, -0.25) is 0 Å². The number of hydrogen-bond acceptors (Lipinski definition) is 4. The molecule has 1 saturated heterocycles. The van der Waals surface area contributed by atoms with Gasteiger partial charge in [0.15, 0.2) is 0 Å². The molecule has 0 N–H and O–H groups in total. The molecule has 1 heterocycles. The number of halogens is 1. The maximum atomic E-state index is 13.2. The maximum absolute atomic E-state index is 13.2. The molecule has 0 amide bonds. The monoisotopic (exact) mass is 452 g/mol. The fourth-order valence-corrected chi connectivity index (χ4v) is 5.65. The van der Waals surface area contributed by atoms with Crippen molar-refractivity contribution in [2.75, 3.05) is 37.7 Å². The summed E-state index contributed by atoms with van der Waals surface area (Å²) in [6, 6.07) is 11.4. The number of hydrogen-bond donors (Lipinski definition) is 0. The van der Waals surface area contributed by atoms with Crippen LogP contribution >= 0.6 is 15.9 Å². The van der Waals surface area contributed by atoms with Gasteiger partial charge in [-0.1, -0.05) is 34.1 Å². The van der Waals surface area contributed by atoms with Gasteiger partial charge in [-0.25, -0.2) is 8.42 Å². The summed E-state index contributed by atoms with van der Waals surface area (Å²) >= 11 is 3.37. The Morgan fingerprint density at radius 2 is 1.67 bits per heavy atom. The van der Waals surface area contributed by atoms with Crippen molar-refractivity contribution in [2.24, 2.45) is 0 Å². The van der Waals surface area contributed by atoms with Crippen LogP contribution in [0.4, 0.5) is 5.69 Å². The number of para-hydroxylation sites is 1. The fraction of sp³-hybridized carbons (Fsp3) is 0.400. The van der Waals surface area contributed by atoms with Crippen molar-refractivity contribution >= 4 is 31.6 Å². The Bertz CT molecular complexity index is 903. The SMILES string of the molecule is CCOc1ccc(Br)cc1S(=O)(=O)N1CCN(c2c(C)cccc2C)CC1. The highest BCUT2D eigenvalue weighted by molar-refractivity contribution is 9.10. The maximum Gasteiger partial charge on any atom is 0.246 e. The summed E-state index contributed by atoms with van der Waals surface area (Å²) < 4.78 is 34.3. The van der Waals surface area contributed by atoms with Crippen LogP contribution in [0.5, 0.6) is 5.75 Å². The van der Waals surface area contributed by atoms with Crippen LogP contribution in [-0.4, -0.2) is 45.5 Å². The molecule has 3 rings (SSSR count). The number of sulfonamides is 1. The Morgan fingerprint density at radius 3 is 2.26 bits per heavy atom. The molecule has 2 aromatic carbocycles. The first-order valence-corrected chi connectivity index (χ1v) is 11.3. The number of anilines is 1. The van der Waals surface area contributed by atoms with E-state index >= 15 is 0 Å². The van der Waals surface area contributed by atoms with Gasteiger partial charge in [0.1, 0.15) is 10.6 Å². The summed E-state index contributed by atoms with van der Waals surface area (Å²) in [5.74, 6) is 0.401. The van der Waals surface area contributed by atoms with E-state index in [1.807, 2.05) is 6.92 Å². The van der Waals surface area contributed by atoms with Crippen LogP contribution in [0.3, 0.4) is 0 Å². The van der Waals surface area contributed by atoms with Gasteiger partial charge in [-0.15, -0.1) is 0 Å². The first-order chi connectivity index (χ1) is 12.8. The van der Waals surface area contributed by atoms with Crippen LogP contribution in [0.15, 0.2) is 45.8 Å². The summed E-state index contributed by atoms with van der Waals surface area (Å²) in [5, 5.41) is 0. The molecule has 0 aromatic heterocycles. The minimum Gasteiger partial charge on any atom is -0.492 e. The molecule has 0 aliphatic carbocycles. The summed E-state index contributed by atoms with van der Waals surface area (Å²) in [5.41, 5.74) is 3.65. The third-order valence-electron chi connectivity index (χ3n) is 4.82. The Kier molecular flexibility index (Phi) is 6.13. The van der Waals surface area contributed by atoms with Crippen molar-refractivity contribution in [2.45, 2.75) is 25.7 Å². The topological polar surface area (TPSA) is 49.9 Å². The third-order valence-corrected chi connectivity index (χ3v) is 7.23. The average Bonchev–Trinajstić information content (AvgIpc) is 2.63. The second-order valence-corrected chi connectivity index (χ2v) is 9.48. The van der Waals surface area contributed by atoms with Crippen molar-refractivity contribution in [1.29, 1.82) is 0 Å². The van der Waals surface area contributed by atoms with Gasteiger partial charge < -0.3 is 9.64 Å². The van der Waals surface area contributed by atoms with Gasteiger partial charge >= 0.3 is 0 Å². The minimum atomic E-state index is -3.61. The van der Waals surface area contributed by atoms with Crippen molar-refractivity contribution in [1.82, 2.24) is 4.31 Å². The number of rotatable bonds is 5. The van der Waals surface area contributed by atoms with E-state index in [1.54, 1.807) is 22.5 Å². The zero-order chi connectivity index (χ0) is 19.6. The molecule has 0 unspecified atom stereocenters. The Labute approximate surface area is 170 Å². The molecule has 1 aliphatic heterocycles. The quantitative estimate of drug-likeness (QED) is 0.688. The van der Waals surface area contributed by atoms with Gasteiger partial charge in [-0.05, 0) is 50.1 Å². The second-order valence-electron chi connectivity index (χ2n) is 6.66. The highest BCUT2D eigenvalue weighted by Crippen LogP contribution is 2.32. The second kappa shape index (κ2) is 8.20. The highest BCUT2D eigenvalue weighted by Gasteiger charge is 2.31. The molecular formula is C20H25BrN2O3S. The molecule has 0 saturated carbocycles. The van der Waals surface area contributed by atoms with Gasteiger partial charge in [0.05, 0.1) is 6.61 Å². The number of piperazine rings is 1. The number of benzene rings is 2. The average molecular weight is 453 g/mol. The first kappa shape index (κ1) is 20.2. The molecular weight excluding hydrogens is 428 g/mol. The molecule has 0 bridgehead atoms. The molecule has 1 aliphatic rings. The van der Waals surface area contributed by atoms with E-state index < -0.39 is 10.0 Å². The Morgan fingerprint density at radius 1 is 1.04 bits per heavy atom. The van der Waals surface area contributed by atoms with E-state index in [2.05, 4.69) is 52.9 Å². The van der Waals surface area contributed by atoms with E-state index in [-0.39, 0.29) is 4.90 Å². The first-order valence-electron chi connectivity index (χ1n) is 9.08. The van der Waals surface area contributed by atoms with Gasteiger partial charge in [0, 0.05) is 36.3 Å². The lowest BCUT2D eigenvalue weighted by Crippen LogP contribution is -2.49. The predicted molar refractivity (Wildman–Crippen MR) is 112 cm³/mol. The van der Waals surface area contributed by atoms with Crippen LogP contribution in [0.2, 0.25) is 0 Å².